The highest BCUT2D eigenvalue weighted by atomic mass is 16.5. The average molecular weight is 470 g/mol. The summed E-state index contributed by atoms with van der Waals surface area (Å²) in [4.78, 5) is 45.0. The van der Waals surface area contributed by atoms with Crippen molar-refractivity contribution in [1.29, 1.82) is 0 Å². The summed E-state index contributed by atoms with van der Waals surface area (Å²) in [6.45, 7) is 4.54. The van der Waals surface area contributed by atoms with Gasteiger partial charge in [-0.3, -0.25) is 9.59 Å². The molecule has 0 N–H and O–H groups in total. The van der Waals surface area contributed by atoms with Crippen molar-refractivity contribution in [1.82, 2.24) is 14.5 Å². The lowest BCUT2D eigenvalue weighted by molar-refractivity contribution is -0.135. The monoisotopic (exact) mass is 469 g/mol. The Kier molecular flexibility index (Phi) is 7.35. The number of hydrogen-bond donors (Lipinski definition) is 0. The average Bonchev–Trinajstić information content (AvgIpc) is 2.88. The van der Waals surface area contributed by atoms with Crippen LogP contribution in [0.4, 0.5) is 0 Å². The van der Waals surface area contributed by atoms with E-state index < -0.39 is 18.0 Å². The Morgan fingerprint density at radius 2 is 1.51 bits per heavy atom. The van der Waals surface area contributed by atoms with E-state index in [1.807, 2.05) is 74.5 Å². The van der Waals surface area contributed by atoms with E-state index in [4.69, 9.17) is 4.74 Å². The number of hydrogen-bond acceptors (Lipinski definition) is 5. The maximum absolute atomic E-state index is 13.1. The summed E-state index contributed by atoms with van der Waals surface area (Å²) in [5.41, 5.74) is 2.65. The number of benzene rings is 2. The standard InChI is InChI=1S/C28H27N3O4/c1-3-30-18-24(26(33)23-15-14-20(2)29-27(23)30)28(34)35-19-25(32)31(16-21-10-6-4-7-11-21)17-22-12-8-5-9-13-22/h4-15,18H,3,16-17,19H2,1-2H3. The molecule has 2 aromatic heterocycles. The number of fused-ring (bicyclic) bond motifs is 1. The molecule has 2 aromatic carbocycles. The van der Waals surface area contributed by atoms with Gasteiger partial charge in [0.05, 0.1) is 5.39 Å². The van der Waals surface area contributed by atoms with E-state index in [2.05, 4.69) is 4.98 Å². The number of rotatable bonds is 8. The van der Waals surface area contributed by atoms with Crippen molar-refractivity contribution in [2.75, 3.05) is 6.61 Å². The molecule has 0 aliphatic rings. The van der Waals surface area contributed by atoms with Crippen LogP contribution in [-0.4, -0.2) is 32.9 Å². The Hall–Kier alpha value is -4.26. The summed E-state index contributed by atoms with van der Waals surface area (Å²) in [5, 5.41) is 0.341. The molecule has 0 bridgehead atoms. The molecule has 178 valence electrons. The summed E-state index contributed by atoms with van der Waals surface area (Å²) in [7, 11) is 0. The lowest BCUT2D eigenvalue weighted by Crippen LogP contribution is -2.34. The van der Waals surface area contributed by atoms with Crippen LogP contribution in [-0.2, 0) is 29.2 Å². The summed E-state index contributed by atoms with van der Waals surface area (Å²) in [5.74, 6) is -1.17. The predicted molar refractivity (Wildman–Crippen MR) is 134 cm³/mol. The van der Waals surface area contributed by atoms with E-state index in [0.717, 1.165) is 16.8 Å². The number of ether oxygens (including phenoxy) is 1. The van der Waals surface area contributed by atoms with Crippen molar-refractivity contribution < 1.29 is 14.3 Å². The highest BCUT2D eigenvalue weighted by molar-refractivity contribution is 5.94. The fourth-order valence-corrected chi connectivity index (χ4v) is 3.88. The van der Waals surface area contributed by atoms with Crippen molar-refractivity contribution in [2.45, 2.75) is 33.5 Å². The van der Waals surface area contributed by atoms with Crippen LogP contribution in [0.15, 0.2) is 83.8 Å². The molecule has 0 aliphatic heterocycles. The first kappa shape index (κ1) is 23.9. The molecule has 0 radical (unpaired) electrons. The quantitative estimate of drug-likeness (QED) is 0.363. The third kappa shape index (κ3) is 5.63. The molecule has 0 atom stereocenters. The van der Waals surface area contributed by atoms with Gasteiger partial charge in [-0.05, 0) is 37.1 Å². The molecule has 7 heteroatoms. The number of pyridine rings is 2. The van der Waals surface area contributed by atoms with Crippen LogP contribution in [0.5, 0.6) is 0 Å². The van der Waals surface area contributed by atoms with Crippen molar-refractivity contribution in [2.24, 2.45) is 0 Å². The van der Waals surface area contributed by atoms with Gasteiger partial charge in [0.1, 0.15) is 11.2 Å². The fourth-order valence-electron chi connectivity index (χ4n) is 3.88. The summed E-state index contributed by atoms with van der Waals surface area (Å²) in [6, 6.07) is 22.6. The van der Waals surface area contributed by atoms with Gasteiger partial charge < -0.3 is 14.2 Å². The van der Waals surface area contributed by atoms with E-state index in [0.29, 0.717) is 30.7 Å². The molecule has 0 saturated heterocycles. The van der Waals surface area contributed by atoms with Crippen LogP contribution in [0.25, 0.3) is 11.0 Å². The number of amides is 1. The number of nitrogens with zero attached hydrogens (tertiary/aromatic N) is 3. The lowest BCUT2D eigenvalue weighted by Gasteiger charge is -2.23. The van der Waals surface area contributed by atoms with E-state index in [9.17, 15) is 14.4 Å². The van der Waals surface area contributed by atoms with Gasteiger partial charge in [0.2, 0.25) is 5.43 Å². The van der Waals surface area contributed by atoms with E-state index >= 15 is 0 Å². The molecule has 1 amide bonds. The number of carbonyl (C=O) groups is 2. The van der Waals surface area contributed by atoms with Gasteiger partial charge in [-0.1, -0.05) is 60.7 Å². The Balaban J connectivity index is 1.53. The predicted octanol–water partition coefficient (Wildman–Crippen LogP) is 4.11. The zero-order chi connectivity index (χ0) is 24.8. The topological polar surface area (TPSA) is 81.5 Å². The van der Waals surface area contributed by atoms with Gasteiger partial charge in [-0.2, -0.15) is 0 Å². The second kappa shape index (κ2) is 10.8. The molecular weight excluding hydrogens is 442 g/mol. The summed E-state index contributed by atoms with van der Waals surface area (Å²) >= 11 is 0. The zero-order valence-electron chi connectivity index (χ0n) is 19.8. The minimum atomic E-state index is -0.826. The van der Waals surface area contributed by atoms with Gasteiger partial charge in [0, 0.05) is 31.5 Å². The Morgan fingerprint density at radius 3 is 2.09 bits per heavy atom. The van der Waals surface area contributed by atoms with Crippen molar-refractivity contribution in [3.05, 3.63) is 112 Å². The van der Waals surface area contributed by atoms with Crippen LogP contribution in [0.1, 0.15) is 34.1 Å². The van der Waals surface area contributed by atoms with Crippen LogP contribution >= 0.6 is 0 Å². The second-order valence-corrected chi connectivity index (χ2v) is 8.28. The molecule has 4 aromatic rings. The van der Waals surface area contributed by atoms with Crippen LogP contribution in [0.3, 0.4) is 0 Å². The van der Waals surface area contributed by atoms with Gasteiger partial charge in [0.25, 0.3) is 5.91 Å². The van der Waals surface area contributed by atoms with Gasteiger partial charge >= 0.3 is 5.97 Å². The van der Waals surface area contributed by atoms with Crippen molar-refractivity contribution in [3.63, 3.8) is 0 Å². The molecule has 0 unspecified atom stereocenters. The first-order valence-electron chi connectivity index (χ1n) is 11.5. The molecular formula is C28H27N3O4. The van der Waals surface area contributed by atoms with Crippen LogP contribution < -0.4 is 5.43 Å². The number of carbonyl (C=O) groups excluding carboxylic acids is 2. The summed E-state index contributed by atoms with van der Waals surface area (Å²) in [6.07, 6.45) is 1.45. The Labute approximate surface area is 203 Å². The molecule has 35 heavy (non-hydrogen) atoms. The SMILES string of the molecule is CCn1cc(C(=O)OCC(=O)N(Cc2ccccc2)Cc2ccccc2)c(=O)c2ccc(C)nc21. The maximum atomic E-state index is 13.1. The zero-order valence-corrected chi connectivity index (χ0v) is 19.8. The molecule has 0 spiro atoms. The number of esters is 1. The minimum Gasteiger partial charge on any atom is -0.452 e. The second-order valence-electron chi connectivity index (χ2n) is 8.28. The Bertz CT molecular complexity index is 1360. The number of aryl methyl sites for hydroxylation is 2. The Morgan fingerprint density at radius 1 is 0.914 bits per heavy atom. The minimum absolute atomic E-state index is 0.115. The van der Waals surface area contributed by atoms with Crippen LogP contribution in [0.2, 0.25) is 0 Å². The molecule has 2 heterocycles. The fraction of sp³-hybridized carbons (Fsp3) is 0.214. The summed E-state index contributed by atoms with van der Waals surface area (Å²) < 4.78 is 7.07. The van der Waals surface area contributed by atoms with E-state index in [1.165, 1.54) is 6.20 Å². The molecule has 4 rings (SSSR count). The van der Waals surface area contributed by atoms with Crippen molar-refractivity contribution >= 4 is 22.9 Å². The first-order valence-corrected chi connectivity index (χ1v) is 11.5. The number of aromatic nitrogens is 2. The largest absolute Gasteiger partial charge is 0.452 e. The van der Waals surface area contributed by atoms with Gasteiger partial charge in [0.15, 0.2) is 6.61 Å². The molecule has 7 nitrogen and oxygen atoms in total. The van der Waals surface area contributed by atoms with E-state index in [-0.39, 0.29) is 11.5 Å². The third-order valence-electron chi connectivity index (χ3n) is 5.73. The molecule has 0 saturated carbocycles. The third-order valence-corrected chi connectivity index (χ3v) is 5.73. The maximum Gasteiger partial charge on any atom is 0.344 e. The highest BCUT2D eigenvalue weighted by Crippen LogP contribution is 2.13. The highest BCUT2D eigenvalue weighted by Gasteiger charge is 2.21. The van der Waals surface area contributed by atoms with Crippen LogP contribution in [0, 0.1) is 6.92 Å². The van der Waals surface area contributed by atoms with Crippen molar-refractivity contribution in [3.8, 4) is 0 Å². The van der Waals surface area contributed by atoms with E-state index in [1.54, 1.807) is 21.6 Å². The molecule has 0 fully saturated rings. The lowest BCUT2D eigenvalue weighted by atomic mass is 10.1. The smallest absolute Gasteiger partial charge is 0.344 e. The molecule has 0 aliphatic carbocycles. The van der Waals surface area contributed by atoms with Gasteiger partial charge in [-0.25, -0.2) is 9.78 Å². The normalized spacial score (nSPS) is 10.8. The van der Waals surface area contributed by atoms with Gasteiger partial charge in [-0.15, -0.1) is 0 Å². The first-order chi connectivity index (χ1) is 17.0.